The van der Waals surface area contributed by atoms with Gasteiger partial charge in [0.1, 0.15) is 11.6 Å². The smallest absolute Gasteiger partial charge is 0.143 e. The van der Waals surface area contributed by atoms with Gasteiger partial charge in [0.15, 0.2) is 0 Å². The van der Waals surface area contributed by atoms with Crippen molar-refractivity contribution in [3.63, 3.8) is 0 Å². The van der Waals surface area contributed by atoms with Crippen LogP contribution >= 0.6 is 15.9 Å². The van der Waals surface area contributed by atoms with Crippen molar-refractivity contribution in [1.29, 1.82) is 0 Å². The molecular formula is C17H24BrF2N. The summed E-state index contributed by atoms with van der Waals surface area (Å²) in [5, 5.41) is 3.49. The molecule has 2 unspecified atom stereocenters. The molecule has 0 spiro atoms. The molecular weight excluding hydrogens is 336 g/mol. The lowest BCUT2D eigenvalue weighted by atomic mass is 9.89. The van der Waals surface area contributed by atoms with Crippen molar-refractivity contribution in [3.8, 4) is 0 Å². The van der Waals surface area contributed by atoms with Gasteiger partial charge in [0, 0.05) is 5.56 Å². The van der Waals surface area contributed by atoms with Gasteiger partial charge in [-0.2, -0.15) is 0 Å². The van der Waals surface area contributed by atoms with Crippen molar-refractivity contribution >= 4 is 15.9 Å². The van der Waals surface area contributed by atoms with Crippen LogP contribution in [0.4, 0.5) is 8.78 Å². The highest BCUT2D eigenvalue weighted by molar-refractivity contribution is 9.10. The van der Waals surface area contributed by atoms with Gasteiger partial charge in [-0.05, 0) is 78.2 Å². The summed E-state index contributed by atoms with van der Waals surface area (Å²) >= 11 is 3.15. The van der Waals surface area contributed by atoms with Gasteiger partial charge in [0.25, 0.3) is 0 Å². The normalized spacial score (nSPS) is 22.2. The molecule has 0 aromatic heterocycles. The minimum absolute atomic E-state index is 0.241. The van der Waals surface area contributed by atoms with Crippen molar-refractivity contribution < 1.29 is 8.78 Å². The molecule has 1 N–H and O–H groups in total. The Morgan fingerprint density at radius 3 is 2.67 bits per heavy atom. The highest BCUT2D eigenvalue weighted by atomic mass is 79.9. The maximum absolute atomic E-state index is 14.1. The molecule has 0 bridgehead atoms. The van der Waals surface area contributed by atoms with Crippen molar-refractivity contribution in [1.82, 2.24) is 5.32 Å². The molecule has 1 nitrogen and oxygen atoms in total. The van der Waals surface area contributed by atoms with Crippen LogP contribution in [0, 0.1) is 29.4 Å². The van der Waals surface area contributed by atoms with Crippen molar-refractivity contribution in [2.75, 3.05) is 13.1 Å². The lowest BCUT2D eigenvalue weighted by molar-refractivity contribution is 0.349. The molecule has 0 radical (unpaired) electrons. The highest BCUT2D eigenvalue weighted by Crippen LogP contribution is 2.35. The molecule has 1 aromatic carbocycles. The van der Waals surface area contributed by atoms with Crippen molar-refractivity contribution in [3.05, 3.63) is 33.8 Å². The summed E-state index contributed by atoms with van der Waals surface area (Å²) in [7, 11) is 0. The van der Waals surface area contributed by atoms with Crippen LogP contribution in [-0.4, -0.2) is 13.1 Å². The summed E-state index contributed by atoms with van der Waals surface area (Å²) in [6.07, 6.45) is 3.90. The maximum atomic E-state index is 14.1. The third-order valence-corrected chi connectivity index (χ3v) is 4.99. The highest BCUT2D eigenvalue weighted by Gasteiger charge is 2.29. The lowest BCUT2D eigenvalue weighted by Gasteiger charge is -2.21. The third-order valence-electron chi connectivity index (χ3n) is 4.38. The van der Waals surface area contributed by atoms with Gasteiger partial charge in [-0.25, -0.2) is 8.78 Å². The summed E-state index contributed by atoms with van der Waals surface area (Å²) in [6.45, 7) is 6.33. The first-order valence-corrected chi connectivity index (χ1v) is 8.61. The first kappa shape index (κ1) is 16.9. The Morgan fingerprint density at radius 1 is 1.24 bits per heavy atom. The van der Waals surface area contributed by atoms with Gasteiger partial charge in [-0.3, -0.25) is 0 Å². The fourth-order valence-electron chi connectivity index (χ4n) is 3.23. The zero-order valence-electron chi connectivity index (χ0n) is 12.8. The Balaban J connectivity index is 2.00. The number of nitrogens with one attached hydrogen (secondary N) is 1. The molecule has 2 atom stereocenters. The monoisotopic (exact) mass is 359 g/mol. The molecule has 4 heteroatoms. The first-order chi connectivity index (χ1) is 9.99. The molecule has 1 fully saturated rings. The van der Waals surface area contributed by atoms with E-state index in [0.717, 1.165) is 32.4 Å². The van der Waals surface area contributed by atoms with Gasteiger partial charge >= 0.3 is 0 Å². The third kappa shape index (κ3) is 4.49. The minimum Gasteiger partial charge on any atom is -0.316 e. The second-order valence-electron chi connectivity index (χ2n) is 6.53. The first-order valence-electron chi connectivity index (χ1n) is 7.82. The molecule has 1 aliphatic rings. The molecule has 1 aliphatic carbocycles. The quantitative estimate of drug-likeness (QED) is 0.709. The largest absolute Gasteiger partial charge is 0.316 e. The number of rotatable bonds is 6. The number of hydrogen-bond donors (Lipinski definition) is 1. The second kappa shape index (κ2) is 7.68. The molecule has 1 aromatic rings. The predicted molar refractivity (Wildman–Crippen MR) is 86.3 cm³/mol. The molecule has 1 saturated carbocycles. The van der Waals surface area contributed by atoms with Gasteiger partial charge in [-0.15, -0.1) is 0 Å². The summed E-state index contributed by atoms with van der Waals surface area (Å²) < 4.78 is 28.3. The zero-order chi connectivity index (χ0) is 15.4. The summed E-state index contributed by atoms with van der Waals surface area (Å²) in [5.41, 5.74) is 0.241. The molecule has 0 aliphatic heterocycles. The van der Waals surface area contributed by atoms with E-state index in [4.69, 9.17) is 0 Å². The Labute approximate surface area is 134 Å². The SMILES string of the molecule is CC(C)CNCC1CCCC1Cc1c(F)ccc(Br)c1F. The molecule has 0 saturated heterocycles. The molecule has 0 heterocycles. The van der Waals surface area contributed by atoms with E-state index in [0.29, 0.717) is 28.6 Å². The van der Waals surface area contributed by atoms with Gasteiger partial charge in [0.05, 0.1) is 4.47 Å². The number of hydrogen-bond acceptors (Lipinski definition) is 1. The van der Waals surface area contributed by atoms with Crippen LogP contribution in [0.3, 0.4) is 0 Å². The molecule has 2 rings (SSSR count). The van der Waals surface area contributed by atoms with Crippen LogP contribution in [0.15, 0.2) is 16.6 Å². The van der Waals surface area contributed by atoms with Crippen molar-refractivity contribution in [2.45, 2.75) is 39.5 Å². The predicted octanol–water partition coefficient (Wildman–Crippen LogP) is 4.93. The van der Waals surface area contributed by atoms with Crippen LogP contribution in [0.25, 0.3) is 0 Å². The van der Waals surface area contributed by atoms with Crippen LogP contribution < -0.4 is 5.32 Å². The fourth-order valence-corrected chi connectivity index (χ4v) is 3.60. The second-order valence-corrected chi connectivity index (χ2v) is 7.38. The van der Waals surface area contributed by atoms with Crippen LogP contribution in [-0.2, 0) is 6.42 Å². The Morgan fingerprint density at radius 2 is 1.95 bits per heavy atom. The Bertz CT molecular complexity index is 476. The van der Waals surface area contributed by atoms with E-state index in [1.807, 2.05) is 0 Å². The number of halogens is 3. The van der Waals surface area contributed by atoms with E-state index in [9.17, 15) is 8.78 Å². The van der Waals surface area contributed by atoms with E-state index >= 15 is 0 Å². The van der Waals surface area contributed by atoms with Crippen molar-refractivity contribution in [2.24, 2.45) is 17.8 Å². The standard InChI is InChI=1S/C17H24BrF2N/c1-11(2)9-21-10-13-5-3-4-12(13)8-14-16(19)7-6-15(18)17(14)20/h6-7,11-13,21H,3-5,8-10H2,1-2H3. The van der Waals surface area contributed by atoms with E-state index in [-0.39, 0.29) is 5.56 Å². The van der Waals surface area contributed by atoms with E-state index in [1.54, 1.807) is 0 Å². The average molecular weight is 360 g/mol. The molecule has 0 amide bonds. The summed E-state index contributed by atoms with van der Waals surface area (Å²) in [5.74, 6) is 0.682. The topological polar surface area (TPSA) is 12.0 Å². The summed E-state index contributed by atoms with van der Waals surface area (Å²) in [6, 6.07) is 2.79. The average Bonchev–Trinajstić information content (AvgIpc) is 2.86. The van der Waals surface area contributed by atoms with Gasteiger partial charge in [-0.1, -0.05) is 20.3 Å². The van der Waals surface area contributed by atoms with Gasteiger partial charge in [0.2, 0.25) is 0 Å². The lowest BCUT2D eigenvalue weighted by Crippen LogP contribution is -2.29. The van der Waals surface area contributed by atoms with E-state index in [1.165, 1.54) is 12.1 Å². The Hall–Kier alpha value is -0.480. The van der Waals surface area contributed by atoms with Crippen LogP contribution in [0.1, 0.15) is 38.7 Å². The Kier molecular flexibility index (Phi) is 6.18. The minimum atomic E-state index is -0.434. The van der Waals surface area contributed by atoms with Gasteiger partial charge < -0.3 is 5.32 Å². The maximum Gasteiger partial charge on any atom is 0.143 e. The van der Waals surface area contributed by atoms with E-state index in [2.05, 4.69) is 35.1 Å². The van der Waals surface area contributed by atoms with E-state index < -0.39 is 11.6 Å². The molecule has 118 valence electrons. The molecule has 21 heavy (non-hydrogen) atoms. The number of benzene rings is 1. The zero-order valence-corrected chi connectivity index (χ0v) is 14.3. The summed E-state index contributed by atoms with van der Waals surface area (Å²) in [4.78, 5) is 0. The van der Waals surface area contributed by atoms with Crippen LogP contribution in [0.5, 0.6) is 0 Å². The fraction of sp³-hybridized carbons (Fsp3) is 0.647. The van der Waals surface area contributed by atoms with Crippen LogP contribution in [0.2, 0.25) is 0 Å².